The fourth-order valence-electron chi connectivity index (χ4n) is 1.12. The molecule has 2 nitrogen and oxygen atoms in total. The van der Waals surface area contributed by atoms with Crippen LogP contribution in [-0.4, -0.2) is 4.98 Å². The van der Waals surface area contributed by atoms with Crippen LogP contribution < -0.4 is 5.32 Å². The molecule has 0 saturated carbocycles. The van der Waals surface area contributed by atoms with E-state index < -0.39 is 5.82 Å². The number of halogens is 2. The lowest BCUT2D eigenvalue weighted by molar-refractivity contribution is 0.628. The van der Waals surface area contributed by atoms with Gasteiger partial charge in [-0.3, -0.25) is 0 Å². The number of nitrogens with zero attached hydrogens (tertiary/aromatic N) is 1. The highest BCUT2D eigenvalue weighted by Crippen LogP contribution is 2.19. The molecule has 0 atom stereocenters. The van der Waals surface area contributed by atoms with Gasteiger partial charge in [0, 0.05) is 11.1 Å². The van der Waals surface area contributed by atoms with E-state index >= 15 is 0 Å². The smallest absolute Gasteiger partial charge is 0.141 e. The minimum absolute atomic E-state index is 0.123. The number of anilines is 1. The van der Waals surface area contributed by atoms with Crippen molar-refractivity contribution in [3.05, 3.63) is 45.6 Å². The Labute approximate surface area is 95.7 Å². The van der Waals surface area contributed by atoms with Crippen LogP contribution in [0.15, 0.2) is 29.1 Å². The van der Waals surface area contributed by atoms with Crippen molar-refractivity contribution in [2.45, 2.75) is 6.54 Å². The Morgan fingerprint density at radius 3 is 3.00 bits per heavy atom. The van der Waals surface area contributed by atoms with E-state index in [-0.39, 0.29) is 5.02 Å². The minimum Gasteiger partial charge on any atom is -0.379 e. The topological polar surface area (TPSA) is 24.9 Å². The van der Waals surface area contributed by atoms with E-state index in [0.717, 1.165) is 11.4 Å². The van der Waals surface area contributed by atoms with Gasteiger partial charge < -0.3 is 5.32 Å². The first-order valence-electron chi connectivity index (χ1n) is 4.31. The highest BCUT2D eigenvalue weighted by Gasteiger charge is 2.00. The molecule has 2 rings (SSSR count). The third kappa shape index (κ3) is 2.67. The molecule has 78 valence electrons. The largest absolute Gasteiger partial charge is 0.379 e. The van der Waals surface area contributed by atoms with Gasteiger partial charge in [0.05, 0.1) is 22.8 Å². The Balaban J connectivity index is 2.02. The molecule has 1 aromatic heterocycles. The van der Waals surface area contributed by atoms with Crippen molar-refractivity contribution >= 4 is 28.6 Å². The second-order valence-electron chi connectivity index (χ2n) is 2.96. The number of aromatic nitrogens is 1. The van der Waals surface area contributed by atoms with Crippen LogP contribution in [-0.2, 0) is 6.54 Å². The first kappa shape index (κ1) is 10.4. The lowest BCUT2D eigenvalue weighted by Gasteiger charge is -2.04. The fourth-order valence-corrected chi connectivity index (χ4v) is 1.86. The van der Waals surface area contributed by atoms with Crippen LogP contribution in [0, 0.1) is 5.82 Å². The summed E-state index contributed by atoms with van der Waals surface area (Å²) in [5.41, 5.74) is 3.52. The Morgan fingerprint density at radius 1 is 1.47 bits per heavy atom. The summed E-state index contributed by atoms with van der Waals surface area (Å²) in [6.45, 7) is 0.617. The zero-order valence-corrected chi connectivity index (χ0v) is 9.28. The first-order valence-corrected chi connectivity index (χ1v) is 5.64. The molecule has 0 aliphatic carbocycles. The third-order valence-electron chi connectivity index (χ3n) is 1.88. The number of hydrogen-bond acceptors (Lipinski definition) is 3. The quantitative estimate of drug-likeness (QED) is 0.891. The van der Waals surface area contributed by atoms with Gasteiger partial charge in [-0.25, -0.2) is 9.37 Å². The van der Waals surface area contributed by atoms with Gasteiger partial charge in [0.1, 0.15) is 5.82 Å². The molecule has 0 unspecified atom stereocenters. The van der Waals surface area contributed by atoms with E-state index in [1.807, 2.05) is 5.38 Å². The van der Waals surface area contributed by atoms with Gasteiger partial charge in [-0.05, 0) is 18.2 Å². The maximum atomic E-state index is 12.8. The van der Waals surface area contributed by atoms with Crippen molar-refractivity contribution in [1.29, 1.82) is 0 Å². The average molecular weight is 243 g/mol. The Bertz CT molecular complexity index is 445. The predicted molar refractivity (Wildman–Crippen MR) is 60.9 cm³/mol. The molecule has 5 heteroatoms. The standard InChI is InChI=1S/C10H8ClFN2S/c11-9-3-7(1-2-10(9)12)13-4-8-5-15-6-14-8/h1-3,5-6,13H,4H2. The Morgan fingerprint density at radius 2 is 2.33 bits per heavy atom. The van der Waals surface area contributed by atoms with E-state index in [2.05, 4.69) is 10.3 Å². The molecule has 0 spiro atoms. The van der Waals surface area contributed by atoms with Gasteiger partial charge in [-0.2, -0.15) is 0 Å². The molecule has 0 aliphatic rings. The summed E-state index contributed by atoms with van der Waals surface area (Å²) in [5, 5.41) is 5.19. The summed E-state index contributed by atoms with van der Waals surface area (Å²) in [6, 6.07) is 4.54. The van der Waals surface area contributed by atoms with Gasteiger partial charge in [-0.1, -0.05) is 11.6 Å². The molecule has 0 bridgehead atoms. The van der Waals surface area contributed by atoms with Crippen molar-refractivity contribution in [2.24, 2.45) is 0 Å². The molecule has 1 N–H and O–H groups in total. The molecule has 0 fully saturated rings. The van der Waals surface area contributed by atoms with Crippen LogP contribution in [0.4, 0.5) is 10.1 Å². The van der Waals surface area contributed by atoms with Crippen molar-refractivity contribution in [3.8, 4) is 0 Å². The second-order valence-corrected chi connectivity index (χ2v) is 4.09. The van der Waals surface area contributed by atoms with Gasteiger partial charge >= 0.3 is 0 Å². The normalized spacial score (nSPS) is 10.3. The Kier molecular flexibility index (Phi) is 3.18. The molecular weight excluding hydrogens is 235 g/mol. The summed E-state index contributed by atoms with van der Waals surface area (Å²) in [6.07, 6.45) is 0. The summed E-state index contributed by atoms with van der Waals surface area (Å²) in [7, 11) is 0. The molecule has 0 saturated heterocycles. The highest BCUT2D eigenvalue weighted by molar-refractivity contribution is 7.07. The number of thiazole rings is 1. The summed E-state index contributed by atoms with van der Waals surface area (Å²) in [4.78, 5) is 4.12. The summed E-state index contributed by atoms with van der Waals surface area (Å²) < 4.78 is 12.8. The lowest BCUT2D eigenvalue weighted by Crippen LogP contribution is -1.99. The maximum Gasteiger partial charge on any atom is 0.141 e. The average Bonchev–Trinajstić information content (AvgIpc) is 2.73. The third-order valence-corrected chi connectivity index (χ3v) is 2.80. The number of rotatable bonds is 3. The highest BCUT2D eigenvalue weighted by atomic mass is 35.5. The molecule has 1 heterocycles. The lowest BCUT2D eigenvalue weighted by atomic mass is 10.3. The molecule has 2 aromatic rings. The second kappa shape index (κ2) is 4.59. The maximum absolute atomic E-state index is 12.8. The van der Waals surface area contributed by atoms with Crippen LogP contribution in [0.1, 0.15) is 5.69 Å². The van der Waals surface area contributed by atoms with E-state index in [1.165, 1.54) is 6.07 Å². The molecule has 1 aromatic carbocycles. The van der Waals surface area contributed by atoms with Crippen LogP contribution in [0.5, 0.6) is 0 Å². The minimum atomic E-state index is -0.407. The van der Waals surface area contributed by atoms with Gasteiger partial charge in [0.2, 0.25) is 0 Å². The number of nitrogens with one attached hydrogen (secondary N) is 1. The fraction of sp³-hybridized carbons (Fsp3) is 0.100. The van der Waals surface area contributed by atoms with E-state index in [4.69, 9.17) is 11.6 Å². The molecule has 0 aliphatic heterocycles. The van der Waals surface area contributed by atoms with Crippen molar-refractivity contribution < 1.29 is 4.39 Å². The summed E-state index contributed by atoms with van der Waals surface area (Å²) >= 11 is 7.19. The predicted octanol–water partition coefficient (Wildman–Crippen LogP) is 3.55. The van der Waals surface area contributed by atoms with Crippen LogP contribution in [0.2, 0.25) is 5.02 Å². The van der Waals surface area contributed by atoms with E-state index in [9.17, 15) is 4.39 Å². The zero-order valence-electron chi connectivity index (χ0n) is 7.71. The molecular formula is C10H8ClFN2S. The van der Waals surface area contributed by atoms with Crippen molar-refractivity contribution in [2.75, 3.05) is 5.32 Å². The Hall–Kier alpha value is -1.13. The van der Waals surface area contributed by atoms with Crippen molar-refractivity contribution in [3.63, 3.8) is 0 Å². The van der Waals surface area contributed by atoms with Crippen LogP contribution in [0.25, 0.3) is 0 Å². The molecule has 0 radical (unpaired) electrons. The number of benzene rings is 1. The monoisotopic (exact) mass is 242 g/mol. The number of hydrogen-bond donors (Lipinski definition) is 1. The molecule has 0 amide bonds. The molecule has 15 heavy (non-hydrogen) atoms. The van der Waals surface area contributed by atoms with Crippen LogP contribution in [0.3, 0.4) is 0 Å². The van der Waals surface area contributed by atoms with Crippen molar-refractivity contribution in [1.82, 2.24) is 4.98 Å². The van der Waals surface area contributed by atoms with Gasteiger partial charge in [-0.15, -0.1) is 11.3 Å². The SMILES string of the molecule is Fc1ccc(NCc2cscn2)cc1Cl. The zero-order chi connectivity index (χ0) is 10.7. The van der Waals surface area contributed by atoms with Crippen LogP contribution >= 0.6 is 22.9 Å². The van der Waals surface area contributed by atoms with Gasteiger partial charge in [0.15, 0.2) is 0 Å². The first-order chi connectivity index (χ1) is 7.25. The van der Waals surface area contributed by atoms with Gasteiger partial charge in [0.25, 0.3) is 0 Å². The van der Waals surface area contributed by atoms with E-state index in [1.54, 1.807) is 29.0 Å². The van der Waals surface area contributed by atoms with E-state index in [0.29, 0.717) is 6.54 Å². The summed E-state index contributed by atoms with van der Waals surface area (Å²) in [5.74, 6) is -0.407.